The molecule has 0 saturated heterocycles. The molecule has 2 aromatic rings. The summed E-state index contributed by atoms with van der Waals surface area (Å²) in [6, 6.07) is 7.00. The highest BCUT2D eigenvalue weighted by Crippen LogP contribution is 2.25. The van der Waals surface area contributed by atoms with E-state index < -0.39 is 0 Å². The summed E-state index contributed by atoms with van der Waals surface area (Å²) in [7, 11) is 0. The number of aromatic nitrogens is 2. The van der Waals surface area contributed by atoms with Crippen molar-refractivity contribution < 1.29 is 4.74 Å². The molecule has 1 atom stereocenters. The molecule has 2 N–H and O–H groups in total. The van der Waals surface area contributed by atoms with Crippen LogP contribution in [0.25, 0.3) is 0 Å². The third-order valence-electron chi connectivity index (χ3n) is 2.87. The Balaban J connectivity index is 2.07. The molecule has 0 radical (unpaired) electrons. The predicted octanol–water partition coefficient (Wildman–Crippen LogP) is 3.85. The Morgan fingerprint density at radius 1 is 1.25 bits per heavy atom. The van der Waals surface area contributed by atoms with Crippen molar-refractivity contribution in [2.75, 3.05) is 6.61 Å². The van der Waals surface area contributed by atoms with Crippen molar-refractivity contribution in [3.8, 4) is 5.75 Å². The second-order valence-corrected chi connectivity index (χ2v) is 5.63. The fourth-order valence-corrected chi connectivity index (χ4v) is 2.30. The van der Waals surface area contributed by atoms with Gasteiger partial charge in [-0.25, -0.2) is 0 Å². The van der Waals surface area contributed by atoms with Gasteiger partial charge in [0.05, 0.1) is 23.0 Å². The van der Waals surface area contributed by atoms with Crippen LogP contribution < -0.4 is 10.5 Å². The van der Waals surface area contributed by atoms with Gasteiger partial charge in [0.1, 0.15) is 12.4 Å². The predicted molar refractivity (Wildman–Crippen MR) is 81.5 cm³/mol. The first-order chi connectivity index (χ1) is 9.49. The number of benzene rings is 1. The Hall–Kier alpha value is -1.23. The van der Waals surface area contributed by atoms with E-state index in [0.29, 0.717) is 16.7 Å². The van der Waals surface area contributed by atoms with E-state index in [9.17, 15) is 0 Å². The van der Waals surface area contributed by atoms with E-state index in [1.54, 1.807) is 30.5 Å². The minimum atomic E-state index is -0.344. The molecule has 2 rings (SSSR count). The van der Waals surface area contributed by atoms with Crippen LogP contribution in [0.2, 0.25) is 10.0 Å². The van der Waals surface area contributed by atoms with Gasteiger partial charge in [-0.1, -0.05) is 23.2 Å². The van der Waals surface area contributed by atoms with Crippen LogP contribution in [-0.2, 0) is 0 Å². The maximum Gasteiger partial charge on any atom is 0.119 e. The minimum Gasteiger partial charge on any atom is -0.492 e. The number of halogens is 2. The quantitative estimate of drug-likeness (QED) is 0.912. The Kier molecular flexibility index (Phi) is 4.91. The van der Waals surface area contributed by atoms with Crippen LogP contribution in [0.5, 0.6) is 5.75 Å². The Morgan fingerprint density at radius 2 is 1.90 bits per heavy atom. The zero-order valence-corrected chi connectivity index (χ0v) is 12.9. The van der Waals surface area contributed by atoms with E-state index in [1.165, 1.54) is 0 Å². The average molecular weight is 314 g/mol. The van der Waals surface area contributed by atoms with Crippen LogP contribution >= 0.6 is 23.2 Å². The molecular weight excluding hydrogens is 297 g/mol. The highest BCUT2D eigenvalue weighted by atomic mass is 35.5. The summed E-state index contributed by atoms with van der Waals surface area (Å²) < 4.78 is 7.47. The smallest absolute Gasteiger partial charge is 0.119 e. The van der Waals surface area contributed by atoms with Gasteiger partial charge < -0.3 is 10.5 Å². The maximum absolute atomic E-state index is 6.16. The zero-order chi connectivity index (χ0) is 14.7. The summed E-state index contributed by atoms with van der Waals surface area (Å²) in [6.07, 6.45) is 1.61. The van der Waals surface area contributed by atoms with Crippen molar-refractivity contribution in [3.05, 3.63) is 46.2 Å². The maximum atomic E-state index is 6.16. The van der Waals surface area contributed by atoms with Crippen molar-refractivity contribution >= 4 is 23.2 Å². The second kappa shape index (κ2) is 6.48. The van der Waals surface area contributed by atoms with Gasteiger partial charge in [-0.3, -0.25) is 4.68 Å². The fraction of sp³-hybridized carbons (Fsp3) is 0.357. The van der Waals surface area contributed by atoms with Crippen LogP contribution in [0, 0.1) is 0 Å². The molecule has 0 spiro atoms. The van der Waals surface area contributed by atoms with Crippen LogP contribution in [0.15, 0.2) is 30.5 Å². The molecule has 1 aromatic carbocycles. The van der Waals surface area contributed by atoms with E-state index in [-0.39, 0.29) is 12.1 Å². The van der Waals surface area contributed by atoms with Gasteiger partial charge in [0.2, 0.25) is 0 Å². The molecule has 0 saturated carbocycles. The van der Waals surface area contributed by atoms with Gasteiger partial charge in [-0.2, -0.15) is 5.10 Å². The molecule has 1 heterocycles. The van der Waals surface area contributed by atoms with Gasteiger partial charge in [0.15, 0.2) is 0 Å². The Morgan fingerprint density at radius 3 is 2.50 bits per heavy atom. The number of hydrogen-bond donors (Lipinski definition) is 1. The lowest BCUT2D eigenvalue weighted by molar-refractivity contribution is 0.282. The first-order valence-corrected chi connectivity index (χ1v) is 7.11. The molecule has 0 bridgehead atoms. The lowest BCUT2D eigenvalue weighted by Crippen LogP contribution is -2.23. The number of rotatable bonds is 5. The first kappa shape index (κ1) is 15.2. The fourth-order valence-electron chi connectivity index (χ4n) is 1.90. The topological polar surface area (TPSA) is 53.1 Å². The molecule has 0 amide bonds. The van der Waals surface area contributed by atoms with E-state index in [0.717, 1.165) is 11.4 Å². The van der Waals surface area contributed by atoms with Crippen LogP contribution in [0.4, 0.5) is 0 Å². The molecule has 0 aliphatic carbocycles. The van der Waals surface area contributed by atoms with Gasteiger partial charge >= 0.3 is 0 Å². The minimum absolute atomic E-state index is 0.194. The summed E-state index contributed by atoms with van der Waals surface area (Å²) >= 11 is 12.0. The molecule has 20 heavy (non-hydrogen) atoms. The monoisotopic (exact) mass is 313 g/mol. The van der Waals surface area contributed by atoms with E-state index in [2.05, 4.69) is 5.10 Å². The Bertz CT molecular complexity index is 566. The number of hydrogen-bond acceptors (Lipinski definition) is 3. The lowest BCUT2D eigenvalue weighted by Gasteiger charge is -2.18. The van der Waals surface area contributed by atoms with Crippen LogP contribution in [0.1, 0.15) is 31.6 Å². The summed E-state index contributed by atoms with van der Waals surface area (Å²) in [5.41, 5.74) is 6.95. The highest BCUT2D eigenvalue weighted by Gasteiger charge is 2.19. The molecule has 0 fully saturated rings. The SMILES string of the molecule is CC(C)n1ncc(Cl)c1C(N)COc1ccc(Cl)cc1. The molecular formula is C14H17Cl2N3O. The van der Waals surface area contributed by atoms with Gasteiger partial charge in [-0.15, -0.1) is 0 Å². The van der Waals surface area contributed by atoms with Crippen LogP contribution in [0.3, 0.4) is 0 Å². The Labute approximate surface area is 128 Å². The van der Waals surface area contributed by atoms with Gasteiger partial charge in [-0.05, 0) is 38.1 Å². The average Bonchev–Trinajstić information content (AvgIpc) is 2.80. The molecule has 1 unspecified atom stereocenters. The number of nitrogens with zero attached hydrogens (tertiary/aromatic N) is 2. The molecule has 6 heteroatoms. The van der Waals surface area contributed by atoms with Crippen molar-refractivity contribution in [1.29, 1.82) is 0 Å². The van der Waals surface area contributed by atoms with Gasteiger partial charge in [0, 0.05) is 11.1 Å². The molecule has 0 aliphatic rings. The molecule has 1 aromatic heterocycles. The lowest BCUT2D eigenvalue weighted by atomic mass is 10.2. The molecule has 0 aliphatic heterocycles. The molecule has 108 valence electrons. The largest absolute Gasteiger partial charge is 0.492 e. The summed E-state index contributed by atoms with van der Waals surface area (Å²) in [5, 5.41) is 5.46. The zero-order valence-electron chi connectivity index (χ0n) is 11.4. The van der Waals surface area contributed by atoms with E-state index >= 15 is 0 Å². The first-order valence-electron chi connectivity index (χ1n) is 6.36. The van der Waals surface area contributed by atoms with Crippen molar-refractivity contribution in [1.82, 2.24) is 9.78 Å². The highest BCUT2D eigenvalue weighted by molar-refractivity contribution is 6.31. The van der Waals surface area contributed by atoms with Crippen molar-refractivity contribution in [2.45, 2.75) is 25.9 Å². The van der Waals surface area contributed by atoms with Crippen molar-refractivity contribution in [3.63, 3.8) is 0 Å². The second-order valence-electron chi connectivity index (χ2n) is 4.79. The van der Waals surface area contributed by atoms with E-state index in [4.69, 9.17) is 33.7 Å². The summed E-state index contributed by atoms with van der Waals surface area (Å²) in [5.74, 6) is 0.719. The van der Waals surface area contributed by atoms with E-state index in [1.807, 2.05) is 18.5 Å². The van der Waals surface area contributed by atoms with Gasteiger partial charge in [0.25, 0.3) is 0 Å². The normalized spacial score (nSPS) is 12.7. The van der Waals surface area contributed by atoms with Crippen LogP contribution in [-0.4, -0.2) is 16.4 Å². The summed E-state index contributed by atoms with van der Waals surface area (Å²) in [6.45, 7) is 4.37. The standard InChI is InChI=1S/C14H17Cl2N3O/c1-9(2)19-14(12(16)7-18-19)13(17)8-20-11-5-3-10(15)4-6-11/h3-7,9,13H,8,17H2,1-2H3. The third-order valence-corrected chi connectivity index (χ3v) is 3.41. The number of nitrogens with two attached hydrogens (primary N) is 1. The number of ether oxygens (including phenoxy) is 1. The summed E-state index contributed by atoms with van der Waals surface area (Å²) in [4.78, 5) is 0. The molecule has 4 nitrogen and oxygen atoms in total. The van der Waals surface area contributed by atoms with Crippen molar-refractivity contribution in [2.24, 2.45) is 5.73 Å². The third kappa shape index (κ3) is 3.45.